The second-order valence-electron chi connectivity index (χ2n) is 5.83. The summed E-state index contributed by atoms with van der Waals surface area (Å²) in [5.41, 5.74) is -0.728. The van der Waals surface area contributed by atoms with Gasteiger partial charge in [-0.1, -0.05) is 13.3 Å². The van der Waals surface area contributed by atoms with Gasteiger partial charge >= 0.3 is 12.0 Å². The minimum absolute atomic E-state index is 0.100. The Morgan fingerprint density at radius 1 is 1.50 bits per heavy atom. The molecule has 2 amide bonds. The molecule has 2 heterocycles. The zero-order chi connectivity index (χ0) is 14.6. The van der Waals surface area contributed by atoms with E-state index in [0.29, 0.717) is 37.7 Å². The van der Waals surface area contributed by atoms with Crippen molar-refractivity contribution in [2.45, 2.75) is 44.3 Å². The molecule has 0 radical (unpaired) electrons. The molecule has 2 atom stereocenters. The third kappa shape index (κ3) is 3.40. The van der Waals surface area contributed by atoms with E-state index in [2.05, 4.69) is 5.32 Å². The van der Waals surface area contributed by atoms with Gasteiger partial charge in [-0.3, -0.25) is 4.79 Å². The molecule has 0 spiro atoms. The topological polar surface area (TPSA) is 69.6 Å². The molecule has 2 unspecified atom stereocenters. The molecule has 2 aliphatic heterocycles. The SMILES string of the molecule is CCCC1(C(=O)O)CCN(C(=O)NCC2CCCS2)C1. The third-order valence-corrected chi connectivity index (χ3v) is 5.73. The fourth-order valence-corrected chi connectivity index (χ4v) is 4.33. The molecule has 0 aromatic carbocycles. The van der Waals surface area contributed by atoms with Crippen molar-refractivity contribution in [3.8, 4) is 0 Å². The molecule has 0 saturated carbocycles. The predicted molar refractivity (Wildman–Crippen MR) is 80.0 cm³/mol. The van der Waals surface area contributed by atoms with Gasteiger partial charge in [-0.05, 0) is 31.4 Å². The summed E-state index contributed by atoms with van der Waals surface area (Å²) in [7, 11) is 0. The lowest BCUT2D eigenvalue weighted by molar-refractivity contribution is -0.148. The first-order valence-corrected chi connectivity index (χ1v) is 8.50. The van der Waals surface area contributed by atoms with Crippen molar-refractivity contribution < 1.29 is 14.7 Å². The van der Waals surface area contributed by atoms with E-state index >= 15 is 0 Å². The highest BCUT2D eigenvalue weighted by atomic mass is 32.2. The molecule has 2 aliphatic rings. The third-order valence-electron chi connectivity index (χ3n) is 4.33. The van der Waals surface area contributed by atoms with E-state index in [9.17, 15) is 14.7 Å². The Morgan fingerprint density at radius 3 is 2.90 bits per heavy atom. The van der Waals surface area contributed by atoms with Crippen molar-refractivity contribution >= 4 is 23.8 Å². The number of hydrogen-bond donors (Lipinski definition) is 2. The van der Waals surface area contributed by atoms with Gasteiger partial charge in [-0.25, -0.2) is 4.79 Å². The Labute approximate surface area is 124 Å². The first kappa shape index (κ1) is 15.5. The summed E-state index contributed by atoms with van der Waals surface area (Å²) in [4.78, 5) is 25.3. The Balaban J connectivity index is 1.84. The minimum Gasteiger partial charge on any atom is -0.481 e. The van der Waals surface area contributed by atoms with Gasteiger partial charge in [0.15, 0.2) is 0 Å². The molecule has 0 aromatic heterocycles. The van der Waals surface area contributed by atoms with E-state index in [-0.39, 0.29) is 6.03 Å². The highest BCUT2D eigenvalue weighted by Crippen LogP contribution is 2.35. The summed E-state index contributed by atoms with van der Waals surface area (Å²) in [6, 6.07) is -0.100. The number of thioether (sulfide) groups is 1. The van der Waals surface area contributed by atoms with Crippen molar-refractivity contribution in [1.82, 2.24) is 10.2 Å². The lowest BCUT2D eigenvalue weighted by atomic mass is 9.83. The molecule has 2 fully saturated rings. The van der Waals surface area contributed by atoms with Crippen LogP contribution in [0, 0.1) is 5.41 Å². The van der Waals surface area contributed by atoms with Crippen molar-refractivity contribution in [2.75, 3.05) is 25.4 Å². The van der Waals surface area contributed by atoms with Crippen molar-refractivity contribution in [3.63, 3.8) is 0 Å². The number of nitrogens with zero attached hydrogens (tertiary/aromatic N) is 1. The second kappa shape index (κ2) is 6.70. The number of hydrogen-bond acceptors (Lipinski definition) is 3. The molecule has 0 aromatic rings. The average Bonchev–Trinajstić information content (AvgIpc) is 3.06. The number of rotatable bonds is 5. The number of carbonyl (C=O) groups is 2. The van der Waals surface area contributed by atoms with Crippen LogP contribution in [-0.2, 0) is 4.79 Å². The van der Waals surface area contributed by atoms with E-state index in [1.54, 1.807) is 4.90 Å². The number of likely N-dealkylation sites (tertiary alicyclic amines) is 1. The maximum absolute atomic E-state index is 12.1. The molecule has 20 heavy (non-hydrogen) atoms. The zero-order valence-corrected chi connectivity index (χ0v) is 12.9. The summed E-state index contributed by atoms with van der Waals surface area (Å²) in [6.45, 7) is 3.59. The largest absolute Gasteiger partial charge is 0.481 e. The van der Waals surface area contributed by atoms with E-state index in [0.717, 1.165) is 6.42 Å². The quantitative estimate of drug-likeness (QED) is 0.816. The standard InChI is InChI=1S/C14H24N2O3S/c1-2-5-14(12(17)18)6-7-16(10-14)13(19)15-9-11-4-3-8-20-11/h11H,2-10H2,1H3,(H,15,19)(H,17,18). The number of amides is 2. The highest BCUT2D eigenvalue weighted by molar-refractivity contribution is 8.00. The van der Waals surface area contributed by atoms with E-state index in [1.807, 2.05) is 18.7 Å². The van der Waals surface area contributed by atoms with E-state index in [4.69, 9.17) is 0 Å². The van der Waals surface area contributed by atoms with Crippen LogP contribution in [0.15, 0.2) is 0 Å². The van der Waals surface area contributed by atoms with Gasteiger partial charge in [0.1, 0.15) is 0 Å². The van der Waals surface area contributed by atoms with Crippen LogP contribution in [0.4, 0.5) is 4.79 Å². The second-order valence-corrected chi connectivity index (χ2v) is 7.24. The molecule has 2 N–H and O–H groups in total. The van der Waals surface area contributed by atoms with Crippen LogP contribution in [0.3, 0.4) is 0 Å². The molecule has 5 nitrogen and oxygen atoms in total. The predicted octanol–water partition coefficient (Wildman–Crippen LogP) is 2.17. The Morgan fingerprint density at radius 2 is 2.30 bits per heavy atom. The Bertz CT molecular complexity index is 371. The van der Waals surface area contributed by atoms with Crippen molar-refractivity contribution in [2.24, 2.45) is 5.41 Å². The molecular weight excluding hydrogens is 276 g/mol. The number of nitrogens with one attached hydrogen (secondary N) is 1. The monoisotopic (exact) mass is 300 g/mol. The van der Waals surface area contributed by atoms with Crippen LogP contribution in [0.1, 0.15) is 39.0 Å². The van der Waals surface area contributed by atoms with Crippen LogP contribution >= 0.6 is 11.8 Å². The molecule has 6 heteroatoms. The Hall–Kier alpha value is -0.910. The molecule has 2 saturated heterocycles. The van der Waals surface area contributed by atoms with Gasteiger partial charge in [0.05, 0.1) is 5.41 Å². The molecule has 0 aliphatic carbocycles. The first-order chi connectivity index (χ1) is 9.57. The zero-order valence-electron chi connectivity index (χ0n) is 12.1. The number of urea groups is 1. The molecule has 114 valence electrons. The fraction of sp³-hybridized carbons (Fsp3) is 0.857. The van der Waals surface area contributed by atoms with Crippen molar-refractivity contribution in [1.29, 1.82) is 0 Å². The highest BCUT2D eigenvalue weighted by Gasteiger charge is 2.45. The first-order valence-electron chi connectivity index (χ1n) is 7.45. The number of carboxylic acids is 1. The Kier molecular flexibility index (Phi) is 5.18. The van der Waals surface area contributed by atoms with Crippen LogP contribution < -0.4 is 5.32 Å². The summed E-state index contributed by atoms with van der Waals surface area (Å²) in [6.07, 6.45) is 4.44. The van der Waals surface area contributed by atoms with Crippen LogP contribution in [0.5, 0.6) is 0 Å². The summed E-state index contributed by atoms with van der Waals surface area (Å²) >= 11 is 1.91. The average molecular weight is 300 g/mol. The summed E-state index contributed by atoms with van der Waals surface area (Å²) in [5, 5.41) is 12.9. The van der Waals surface area contributed by atoms with Gasteiger partial charge in [0.2, 0.25) is 0 Å². The van der Waals surface area contributed by atoms with Gasteiger partial charge in [-0.15, -0.1) is 0 Å². The maximum Gasteiger partial charge on any atom is 0.317 e. The van der Waals surface area contributed by atoms with Gasteiger partial charge < -0.3 is 15.3 Å². The molecule has 2 rings (SSSR count). The summed E-state index contributed by atoms with van der Waals surface area (Å²) < 4.78 is 0. The smallest absolute Gasteiger partial charge is 0.317 e. The molecule has 0 bridgehead atoms. The normalized spacial score (nSPS) is 29.6. The lowest BCUT2D eigenvalue weighted by Crippen LogP contribution is -2.43. The number of aliphatic carboxylic acids is 1. The van der Waals surface area contributed by atoms with Gasteiger partial charge in [0.25, 0.3) is 0 Å². The van der Waals surface area contributed by atoms with E-state index < -0.39 is 11.4 Å². The number of carboxylic acid groups (broad SMARTS) is 1. The summed E-state index contributed by atoms with van der Waals surface area (Å²) in [5.74, 6) is 0.420. The van der Waals surface area contributed by atoms with Crippen LogP contribution in [0.25, 0.3) is 0 Å². The fourth-order valence-electron chi connectivity index (χ4n) is 3.13. The minimum atomic E-state index is -0.763. The lowest BCUT2D eigenvalue weighted by Gasteiger charge is -2.24. The van der Waals surface area contributed by atoms with Gasteiger partial charge in [0, 0.05) is 24.9 Å². The van der Waals surface area contributed by atoms with Crippen LogP contribution in [-0.4, -0.2) is 52.6 Å². The molecular formula is C14H24N2O3S. The number of carbonyl (C=O) groups excluding carboxylic acids is 1. The van der Waals surface area contributed by atoms with Gasteiger partial charge in [-0.2, -0.15) is 11.8 Å². The van der Waals surface area contributed by atoms with Crippen LogP contribution in [0.2, 0.25) is 0 Å². The van der Waals surface area contributed by atoms with Crippen molar-refractivity contribution in [3.05, 3.63) is 0 Å². The van der Waals surface area contributed by atoms with E-state index in [1.165, 1.54) is 18.6 Å². The maximum atomic E-state index is 12.1.